The Kier molecular flexibility index (Phi) is 23.5. The first-order valence-corrected chi connectivity index (χ1v) is 33.0. The van der Waals surface area contributed by atoms with Crippen molar-refractivity contribution in [2.75, 3.05) is 65.8 Å². The minimum atomic E-state index is -2.19. The SMILES string of the molecule is C[C@@H](O)[C@@H]1NC(=O)C(N)C[C@@H](O)CNC(=O)[C@@H]2[C@@H](O)[C@@H](C)CN2C(=O)[C@H]([C@H](O)CCNC(=O)OCC2c3ccccc3-c3ccccc32)NC(=O)[C@H]([C@H](O)Cc2ccc(O)c(OCCN(C(=O)OCC3c4ccccc4-c4ccccc43)C(CO)CO)c2)NC(=O)[C@@H]2C[C@@H](O)CN2C1=O. The smallest absolute Gasteiger partial charge is 0.410 e. The highest BCUT2D eigenvalue weighted by Gasteiger charge is 2.50. The summed E-state index contributed by atoms with van der Waals surface area (Å²) in [7, 11) is 0. The van der Waals surface area contributed by atoms with Gasteiger partial charge < -0.3 is 102 Å². The molecule has 2 aliphatic carbocycles. The van der Waals surface area contributed by atoms with E-state index < -0.39 is 197 Å². The molecule has 3 heterocycles. The Hall–Kier alpha value is -9.30. The number of rotatable bonds is 19. The van der Waals surface area contributed by atoms with E-state index >= 15 is 9.59 Å². The Labute approximate surface area is 569 Å². The molecular formula is C70H85N9O20. The second kappa shape index (κ2) is 32.1. The first-order chi connectivity index (χ1) is 47.5. The standard InChI is InChI=1S/C70H85N9O20/c1-36-30-79-61(62(36)88)66(92)73-29-40(83)27-52(71)63(89)74-58(37(2)82)67(93)78-31-41(84)28-53(78)64(90)75-59(65(91)76-60(68(79)94)55(86)21-22-72-69(95)98-34-50-46-15-7-3-11-42(46)43-12-4-8-16-47(43)50)56(87)25-38-19-20-54(85)57(26-38)97-24-23-77(39(32-80)33-81)70(96)99-35-51-48-17-9-5-13-44(48)45-14-6-10-18-49(45)51/h3-20,26,36-37,39-41,50-53,55-56,58-62,80-88H,21-25,27-35,71H2,1-2H3,(H,72,95)(H,73,92)(H,74,89)(H,75,90)(H,76,91)/t36-,37+,40+,41+,52?,53-,55+,56+,58-,59-,60-,61-,62-/m0/s1. The van der Waals surface area contributed by atoms with Crippen LogP contribution in [0.1, 0.15) is 72.8 Å². The van der Waals surface area contributed by atoms with Crippen LogP contribution < -0.4 is 37.1 Å². The van der Waals surface area contributed by atoms with Gasteiger partial charge in [0.2, 0.25) is 35.4 Å². The number of nitrogens with one attached hydrogen (secondary N) is 5. The number of hydrogen-bond acceptors (Lipinski definition) is 21. The van der Waals surface area contributed by atoms with E-state index in [-0.39, 0.29) is 56.1 Å². The van der Waals surface area contributed by atoms with Gasteiger partial charge in [-0.2, -0.15) is 0 Å². The van der Waals surface area contributed by atoms with E-state index in [1.165, 1.54) is 25.1 Å². The Balaban J connectivity index is 0.907. The van der Waals surface area contributed by atoms with Crippen molar-refractivity contribution in [3.8, 4) is 33.8 Å². The summed E-state index contributed by atoms with van der Waals surface area (Å²) in [4.78, 5) is 117. The first kappa shape index (κ1) is 72.4. The number of hydrogen-bond donors (Lipinski definition) is 15. The zero-order chi connectivity index (χ0) is 70.9. The molecule has 0 saturated carbocycles. The Morgan fingerprint density at radius 1 is 0.657 bits per heavy atom. The molecule has 3 saturated heterocycles. The van der Waals surface area contributed by atoms with E-state index in [2.05, 4.69) is 26.6 Å². The number of β-amino-alcohol motifs (C(OH)–C–C–N with tert-alkyl or cyclic N) is 1. The molecule has 0 bridgehead atoms. The van der Waals surface area contributed by atoms with Crippen LogP contribution in [-0.4, -0.2) is 253 Å². The summed E-state index contributed by atoms with van der Waals surface area (Å²) in [5.41, 5.74) is 14.0. The topological polar surface area (TPSA) is 442 Å². The number of aromatic hydroxyl groups is 1. The molecule has 10 rings (SSSR count). The van der Waals surface area contributed by atoms with Crippen LogP contribution in [0.2, 0.25) is 0 Å². The monoisotopic (exact) mass is 1370 g/mol. The van der Waals surface area contributed by atoms with E-state index in [9.17, 15) is 74.7 Å². The van der Waals surface area contributed by atoms with Crippen LogP contribution in [0.5, 0.6) is 11.5 Å². The van der Waals surface area contributed by atoms with Crippen molar-refractivity contribution in [1.82, 2.24) is 41.3 Å². The van der Waals surface area contributed by atoms with Crippen LogP contribution >= 0.6 is 0 Å². The lowest BCUT2D eigenvalue weighted by Gasteiger charge is -2.34. The molecule has 530 valence electrons. The minimum Gasteiger partial charge on any atom is -0.504 e. The molecule has 29 heteroatoms. The molecule has 5 aliphatic rings. The molecule has 99 heavy (non-hydrogen) atoms. The van der Waals surface area contributed by atoms with Gasteiger partial charge in [0, 0.05) is 56.8 Å². The highest BCUT2D eigenvalue weighted by Crippen LogP contribution is 2.46. The number of aliphatic hydroxyl groups excluding tert-OH is 8. The molecule has 3 fully saturated rings. The average molecular weight is 1370 g/mol. The maximum atomic E-state index is 15.2. The zero-order valence-corrected chi connectivity index (χ0v) is 54.5. The fourth-order valence-corrected chi connectivity index (χ4v) is 13.7. The van der Waals surface area contributed by atoms with Gasteiger partial charge in [0.15, 0.2) is 11.5 Å². The number of aliphatic hydroxyl groups is 8. The summed E-state index contributed by atoms with van der Waals surface area (Å²) in [6.45, 7) is -1.45. The number of phenolic OH excluding ortho intramolecular Hbond substituents is 1. The number of phenols is 1. The number of amides is 8. The third-order valence-corrected chi connectivity index (χ3v) is 19.0. The fourth-order valence-electron chi connectivity index (χ4n) is 13.7. The molecule has 13 atom stereocenters. The van der Waals surface area contributed by atoms with Crippen LogP contribution in [0.25, 0.3) is 22.3 Å². The van der Waals surface area contributed by atoms with Crippen molar-refractivity contribution in [3.63, 3.8) is 0 Å². The summed E-state index contributed by atoms with van der Waals surface area (Å²) in [5.74, 6) is -9.07. The van der Waals surface area contributed by atoms with Gasteiger partial charge in [0.05, 0.1) is 68.5 Å². The highest BCUT2D eigenvalue weighted by molar-refractivity contribution is 5.98. The number of carbonyl (C=O) groups is 8. The van der Waals surface area contributed by atoms with Gasteiger partial charge in [0.25, 0.3) is 0 Å². The molecule has 0 aromatic heterocycles. The molecule has 8 amide bonds. The van der Waals surface area contributed by atoms with Crippen molar-refractivity contribution in [2.24, 2.45) is 11.7 Å². The lowest BCUT2D eigenvalue weighted by molar-refractivity contribution is -0.147. The molecule has 1 unspecified atom stereocenters. The molecule has 0 radical (unpaired) electrons. The Morgan fingerprint density at radius 3 is 1.78 bits per heavy atom. The van der Waals surface area contributed by atoms with E-state index in [4.69, 9.17) is 19.9 Å². The van der Waals surface area contributed by atoms with Crippen LogP contribution in [0.3, 0.4) is 0 Å². The number of carbonyl (C=O) groups excluding carboxylic acids is 8. The van der Waals surface area contributed by atoms with Crippen LogP contribution in [0.4, 0.5) is 9.59 Å². The van der Waals surface area contributed by atoms with Crippen LogP contribution in [0.15, 0.2) is 115 Å². The Bertz CT molecular complexity index is 3670. The predicted octanol–water partition coefficient (Wildman–Crippen LogP) is -1.22. The van der Waals surface area contributed by atoms with E-state index in [0.29, 0.717) is 0 Å². The minimum absolute atomic E-state index is 0.0835. The second-order valence-electron chi connectivity index (χ2n) is 25.8. The van der Waals surface area contributed by atoms with Crippen molar-refractivity contribution in [2.45, 2.75) is 130 Å². The summed E-state index contributed by atoms with van der Waals surface area (Å²) < 4.78 is 17.5. The molecule has 29 nitrogen and oxygen atoms in total. The average Bonchev–Trinajstić information content (AvgIpc) is 1.62. The van der Waals surface area contributed by atoms with Crippen molar-refractivity contribution < 1.29 is 98.5 Å². The number of nitrogens with two attached hydrogens (primary N) is 1. The molecule has 5 aromatic rings. The van der Waals surface area contributed by atoms with Crippen molar-refractivity contribution in [1.29, 1.82) is 0 Å². The van der Waals surface area contributed by atoms with Gasteiger partial charge in [-0.25, -0.2) is 9.59 Å². The Morgan fingerprint density at radius 2 is 1.20 bits per heavy atom. The van der Waals surface area contributed by atoms with E-state index in [0.717, 1.165) is 66.1 Å². The number of benzene rings is 5. The third-order valence-electron chi connectivity index (χ3n) is 19.0. The lowest BCUT2D eigenvalue weighted by Crippen LogP contribution is -2.64. The summed E-state index contributed by atoms with van der Waals surface area (Å²) in [6, 6.07) is 22.2. The van der Waals surface area contributed by atoms with Gasteiger partial charge in [-0.05, 0) is 82.0 Å². The predicted molar refractivity (Wildman–Crippen MR) is 353 cm³/mol. The fraction of sp³-hybridized carbons (Fsp3) is 0.457. The number of nitrogens with zero attached hydrogens (tertiary/aromatic N) is 3. The maximum absolute atomic E-state index is 15.2. The zero-order valence-electron chi connectivity index (χ0n) is 54.5. The number of fused-ring (bicyclic) bond motifs is 8. The van der Waals surface area contributed by atoms with Crippen molar-refractivity contribution in [3.05, 3.63) is 143 Å². The maximum Gasteiger partial charge on any atom is 0.410 e. The summed E-state index contributed by atoms with van der Waals surface area (Å²) in [6.07, 6.45) is -14.2. The third kappa shape index (κ3) is 16.2. The van der Waals surface area contributed by atoms with E-state index in [1.54, 1.807) is 0 Å². The normalized spacial score (nSPS) is 24.7. The summed E-state index contributed by atoms with van der Waals surface area (Å²) in [5, 5.41) is 113. The second-order valence-corrected chi connectivity index (χ2v) is 25.8. The first-order valence-electron chi connectivity index (χ1n) is 33.0. The van der Waals surface area contributed by atoms with E-state index in [1.807, 2.05) is 97.1 Å². The van der Waals surface area contributed by atoms with Gasteiger partial charge in [-0.1, -0.05) is 110 Å². The molecule has 0 spiro atoms. The van der Waals surface area contributed by atoms with Crippen molar-refractivity contribution >= 4 is 47.6 Å². The highest BCUT2D eigenvalue weighted by atomic mass is 16.6. The van der Waals surface area contributed by atoms with Gasteiger partial charge in [0.1, 0.15) is 50.0 Å². The van der Waals surface area contributed by atoms with Crippen LogP contribution in [-0.2, 0) is 44.7 Å². The molecule has 16 N–H and O–H groups in total. The van der Waals surface area contributed by atoms with Gasteiger partial charge in [-0.15, -0.1) is 0 Å². The number of alkyl carbamates (subject to hydrolysis) is 1. The largest absolute Gasteiger partial charge is 0.504 e. The van der Waals surface area contributed by atoms with Gasteiger partial charge in [-0.3, -0.25) is 33.7 Å². The van der Waals surface area contributed by atoms with Gasteiger partial charge >= 0.3 is 12.2 Å². The molecular weight excluding hydrogens is 1290 g/mol. The lowest BCUT2D eigenvalue weighted by atomic mass is 9.98. The van der Waals surface area contributed by atoms with Crippen LogP contribution in [0, 0.1) is 5.92 Å². The summed E-state index contributed by atoms with van der Waals surface area (Å²) >= 11 is 0. The number of ether oxygens (including phenoxy) is 3. The molecule has 5 aromatic carbocycles. The quantitative estimate of drug-likeness (QED) is 0.0461. The molecule has 3 aliphatic heterocycles.